The number of hydrogen-bond acceptors (Lipinski definition) is 8. The van der Waals surface area contributed by atoms with Crippen molar-refractivity contribution in [3.63, 3.8) is 0 Å². The van der Waals surface area contributed by atoms with Gasteiger partial charge >= 0.3 is 0 Å². The molecule has 0 aromatic heterocycles. The van der Waals surface area contributed by atoms with Crippen molar-refractivity contribution >= 4 is 0 Å². The van der Waals surface area contributed by atoms with E-state index in [1.807, 2.05) is 0 Å². The van der Waals surface area contributed by atoms with Gasteiger partial charge in [-0.2, -0.15) is 0 Å². The molecular formula is C21H36O8. The van der Waals surface area contributed by atoms with Gasteiger partial charge in [-0.25, -0.2) is 0 Å². The van der Waals surface area contributed by atoms with Crippen LogP contribution in [-0.2, 0) is 0 Å². The summed E-state index contributed by atoms with van der Waals surface area (Å²) >= 11 is 0. The minimum absolute atomic E-state index is 0.00797. The molecule has 8 heteroatoms. The van der Waals surface area contributed by atoms with E-state index in [0.29, 0.717) is 12.8 Å². The molecule has 0 heterocycles. The largest absolute Gasteiger partial charge is 0.393 e. The summed E-state index contributed by atoms with van der Waals surface area (Å²) in [6.45, 7) is 4.63. The first-order valence-electron chi connectivity index (χ1n) is 10.8. The van der Waals surface area contributed by atoms with E-state index in [-0.39, 0.29) is 32.1 Å². The summed E-state index contributed by atoms with van der Waals surface area (Å²) in [4.78, 5) is 0. The third-order valence-electron chi connectivity index (χ3n) is 10.1. The lowest BCUT2D eigenvalue weighted by Gasteiger charge is -2.71. The number of aliphatic hydroxyl groups is 8. The maximum absolute atomic E-state index is 12.0. The molecule has 0 aromatic rings. The fourth-order valence-electron chi connectivity index (χ4n) is 8.00. The Bertz CT molecular complexity index is 702. The van der Waals surface area contributed by atoms with Crippen LogP contribution in [0.25, 0.3) is 0 Å². The van der Waals surface area contributed by atoms with Gasteiger partial charge in [-0.05, 0) is 39.0 Å². The maximum Gasteiger partial charge on any atom is 0.104 e. The lowest BCUT2D eigenvalue weighted by molar-refractivity contribution is -0.371. The van der Waals surface area contributed by atoms with E-state index < -0.39 is 63.6 Å². The van der Waals surface area contributed by atoms with Crippen molar-refractivity contribution in [1.82, 2.24) is 0 Å². The first-order chi connectivity index (χ1) is 13.1. The van der Waals surface area contributed by atoms with Crippen molar-refractivity contribution < 1.29 is 40.9 Å². The van der Waals surface area contributed by atoms with E-state index in [4.69, 9.17) is 0 Å². The van der Waals surface area contributed by atoms with Gasteiger partial charge in [0.2, 0.25) is 0 Å². The molecule has 8 nitrogen and oxygen atoms in total. The fraction of sp³-hybridized carbons (Fsp3) is 1.00. The molecule has 4 fully saturated rings. The van der Waals surface area contributed by atoms with Crippen molar-refractivity contribution in [3.8, 4) is 0 Å². The molecule has 0 spiro atoms. The van der Waals surface area contributed by atoms with Crippen LogP contribution in [0, 0.1) is 16.7 Å². The average molecular weight is 417 g/mol. The number of aliphatic hydroxyl groups excluding tert-OH is 4. The Balaban J connectivity index is 1.88. The minimum Gasteiger partial charge on any atom is -0.393 e. The highest BCUT2D eigenvalue weighted by Gasteiger charge is 2.83. The molecule has 11 unspecified atom stereocenters. The molecule has 8 N–H and O–H groups in total. The first kappa shape index (κ1) is 21.9. The quantitative estimate of drug-likeness (QED) is 0.264. The molecule has 0 bridgehead atoms. The van der Waals surface area contributed by atoms with Gasteiger partial charge in [0.05, 0.1) is 35.4 Å². The molecule has 0 aromatic carbocycles. The molecule has 4 rings (SSSR count). The van der Waals surface area contributed by atoms with Gasteiger partial charge in [-0.15, -0.1) is 0 Å². The van der Waals surface area contributed by atoms with Crippen molar-refractivity contribution in [3.05, 3.63) is 0 Å². The lowest BCUT2D eigenvalue weighted by Crippen LogP contribution is -2.83. The van der Waals surface area contributed by atoms with Crippen molar-refractivity contribution in [2.45, 2.75) is 113 Å². The summed E-state index contributed by atoms with van der Waals surface area (Å²) < 4.78 is 0. The molecule has 29 heavy (non-hydrogen) atoms. The van der Waals surface area contributed by atoms with Crippen molar-refractivity contribution in [1.29, 1.82) is 0 Å². The smallest absolute Gasteiger partial charge is 0.104 e. The molecule has 0 amide bonds. The molecule has 0 aliphatic heterocycles. The topological polar surface area (TPSA) is 162 Å². The highest BCUT2D eigenvalue weighted by molar-refractivity contribution is 5.33. The van der Waals surface area contributed by atoms with Gasteiger partial charge in [-0.3, -0.25) is 0 Å². The van der Waals surface area contributed by atoms with Crippen LogP contribution in [0.3, 0.4) is 0 Å². The normalized spacial score (nSPS) is 63.4. The lowest BCUT2D eigenvalue weighted by atomic mass is 9.38. The second kappa shape index (κ2) is 5.92. The summed E-state index contributed by atoms with van der Waals surface area (Å²) in [5.74, 6) is -0.764. The van der Waals surface area contributed by atoms with Gasteiger partial charge in [0, 0.05) is 24.2 Å². The highest BCUT2D eigenvalue weighted by Crippen LogP contribution is 2.72. The zero-order valence-corrected chi connectivity index (χ0v) is 17.4. The van der Waals surface area contributed by atoms with E-state index in [2.05, 4.69) is 0 Å². The van der Waals surface area contributed by atoms with E-state index in [1.165, 1.54) is 13.8 Å². The van der Waals surface area contributed by atoms with Crippen LogP contribution in [0.5, 0.6) is 0 Å². The van der Waals surface area contributed by atoms with Crippen molar-refractivity contribution in [2.75, 3.05) is 0 Å². The summed E-state index contributed by atoms with van der Waals surface area (Å²) in [6.07, 6.45) is -4.44. The number of hydrogen-bond donors (Lipinski definition) is 8. The van der Waals surface area contributed by atoms with Crippen LogP contribution >= 0.6 is 0 Å². The third kappa shape index (κ3) is 2.13. The average Bonchev–Trinajstić information content (AvgIpc) is 2.86. The minimum atomic E-state index is -1.98. The zero-order valence-electron chi connectivity index (χ0n) is 17.4. The van der Waals surface area contributed by atoms with Crippen LogP contribution in [0.15, 0.2) is 0 Å². The van der Waals surface area contributed by atoms with Gasteiger partial charge < -0.3 is 40.9 Å². The SMILES string of the molecule is CC(O)C1(O)CCC2(O)C3(O)CC(O)C4(O)CC(O)CCC4(C)C3CC(O)C12C. The van der Waals surface area contributed by atoms with Gasteiger partial charge in [0.15, 0.2) is 0 Å². The Labute approximate surface area is 170 Å². The van der Waals surface area contributed by atoms with Crippen LogP contribution in [0.4, 0.5) is 0 Å². The Hall–Kier alpha value is -0.320. The monoisotopic (exact) mass is 416 g/mol. The maximum atomic E-state index is 12.0. The number of fused-ring (bicyclic) bond motifs is 5. The molecule has 0 radical (unpaired) electrons. The molecule has 168 valence electrons. The van der Waals surface area contributed by atoms with E-state index >= 15 is 0 Å². The molecule has 4 saturated carbocycles. The van der Waals surface area contributed by atoms with Crippen LogP contribution in [0.1, 0.15) is 65.7 Å². The van der Waals surface area contributed by atoms with Crippen LogP contribution < -0.4 is 0 Å². The molecule has 4 aliphatic rings. The van der Waals surface area contributed by atoms with Crippen LogP contribution in [-0.4, -0.2) is 87.7 Å². The summed E-state index contributed by atoms with van der Waals surface area (Å²) in [7, 11) is 0. The summed E-state index contributed by atoms with van der Waals surface area (Å²) in [6, 6.07) is 0. The third-order valence-corrected chi connectivity index (χ3v) is 10.1. The predicted molar refractivity (Wildman–Crippen MR) is 102 cm³/mol. The molecule has 4 aliphatic carbocycles. The van der Waals surface area contributed by atoms with Crippen molar-refractivity contribution in [2.24, 2.45) is 16.7 Å². The zero-order chi connectivity index (χ0) is 21.8. The second-order valence-corrected chi connectivity index (χ2v) is 10.8. The standard InChI is InChI=1S/C21H36O8/c1-11(22)18(26)6-7-21(29)17(18,3)14(24)8-13-16(2)5-4-12(23)9-20(16,28)15(25)10-19(13,21)27/h11-15,22-29H,4-10H2,1-3H3. The van der Waals surface area contributed by atoms with E-state index in [9.17, 15) is 40.9 Å². The molecular weight excluding hydrogens is 380 g/mol. The van der Waals surface area contributed by atoms with Gasteiger partial charge in [0.25, 0.3) is 0 Å². The van der Waals surface area contributed by atoms with Crippen LogP contribution in [0.2, 0.25) is 0 Å². The second-order valence-electron chi connectivity index (χ2n) is 10.8. The summed E-state index contributed by atoms with van der Waals surface area (Å²) in [5, 5.41) is 89.3. The molecule has 11 atom stereocenters. The Morgan fingerprint density at radius 3 is 2.03 bits per heavy atom. The fourth-order valence-corrected chi connectivity index (χ4v) is 8.00. The Morgan fingerprint density at radius 2 is 1.45 bits per heavy atom. The summed E-state index contributed by atoms with van der Waals surface area (Å²) in [5.41, 5.74) is -10.0. The van der Waals surface area contributed by atoms with E-state index in [1.54, 1.807) is 6.92 Å². The first-order valence-corrected chi connectivity index (χ1v) is 10.8. The Kier molecular flexibility index (Phi) is 4.47. The Morgan fingerprint density at radius 1 is 0.828 bits per heavy atom. The highest BCUT2D eigenvalue weighted by atomic mass is 16.4. The van der Waals surface area contributed by atoms with Gasteiger partial charge in [-0.1, -0.05) is 13.8 Å². The number of rotatable bonds is 1. The van der Waals surface area contributed by atoms with Gasteiger partial charge in [0.1, 0.15) is 16.8 Å². The van der Waals surface area contributed by atoms with E-state index in [0.717, 1.165) is 0 Å². The predicted octanol–water partition coefficient (Wildman–Crippen LogP) is -1.21. The molecule has 0 saturated heterocycles.